The van der Waals surface area contributed by atoms with Gasteiger partial charge in [-0.1, -0.05) is 44.2 Å². The fourth-order valence-electron chi connectivity index (χ4n) is 4.36. The van der Waals surface area contributed by atoms with Crippen LogP contribution in [0.3, 0.4) is 0 Å². The highest BCUT2D eigenvalue weighted by molar-refractivity contribution is 7.89. The third-order valence-electron chi connectivity index (χ3n) is 6.18. The number of sulfonamides is 1. The number of nitrogens with zero attached hydrogens (tertiary/aromatic N) is 1. The van der Waals surface area contributed by atoms with E-state index in [0.717, 1.165) is 9.87 Å². The lowest BCUT2D eigenvalue weighted by Crippen LogP contribution is -2.52. The molecule has 3 rings (SSSR count). The van der Waals surface area contributed by atoms with E-state index in [-0.39, 0.29) is 36.1 Å². The Bertz CT molecular complexity index is 1340. The summed E-state index contributed by atoms with van der Waals surface area (Å²) in [6.45, 7) is 3.87. The molecule has 1 aliphatic rings. The van der Waals surface area contributed by atoms with Crippen LogP contribution in [0.4, 0.5) is 10.5 Å². The predicted octanol–water partition coefficient (Wildman–Crippen LogP) is 2.73. The Kier molecular flexibility index (Phi) is 12.5. The van der Waals surface area contributed by atoms with E-state index in [4.69, 9.17) is 23.8 Å². The average molecular weight is 650 g/mol. The quantitative estimate of drug-likeness (QED) is 0.177. The van der Waals surface area contributed by atoms with Gasteiger partial charge in [-0.3, -0.25) is 9.65 Å². The Hall–Kier alpha value is -2.32. The van der Waals surface area contributed by atoms with Gasteiger partial charge in [0.15, 0.2) is 0 Å². The number of benzene rings is 2. The fraction of sp³-hybridized carbons (Fsp3) is 0.480. The van der Waals surface area contributed by atoms with E-state index in [2.05, 4.69) is 5.32 Å². The van der Waals surface area contributed by atoms with Crippen LogP contribution < -0.4 is 10.4 Å². The average Bonchev–Trinajstić information content (AvgIpc) is 3.40. The Morgan fingerprint density at radius 3 is 2.36 bits per heavy atom. The molecule has 0 aliphatic carbocycles. The summed E-state index contributed by atoms with van der Waals surface area (Å²) < 4.78 is 67.9. The van der Waals surface area contributed by atoms with Gasteiger partial charge >= 0.3 is 22.1 Å². The molecule has 4 atom stereocenters. The van der Waals surface area contributed by atoms with Gasteiger partial charge in [-0.15, -0.1) is 0 Å². The summed E-state index contributed by atoms with van der Waals surface area (Å²) in [4.78, 5) is 40.7. The molecule has 0 bridgehead atoms. The topological polar surface area (TPSA) is 201 Å². The molecule has 1 heterocycles. The van der Waals surface area contributed by atoms with Crippen molar-refractivity contribution in [1.29, 1.82) is 0 Å². The molecular weight excluding hydrogens is 612 g/mol. The number of hydrogen-bond donors (Lipinski definition) is 5. The van der Waals surface area contributed by atoms with E-state index in [0.29, 0.717) is 13.0 Å². The second-order valence-electron chi connectivity index (χ2n) is 10.1. The smallest absolute Gasteiger partial charge is 0.427 e. The van der Waals surface area contributed by atoms with Crippen molar-refractivity contribution in [3.8, 4) is 0 Å². The molecule has 2 aromatic carbocycles. The van der Waals surface area contributed by atoms with Crippen LogP contribution in [-0.2, 0) is 39.6 Å². The summed E-state index contributed by atoms with van der Waals surface area (Å²) in [5.74, 6) is -0.171. The van der Waals surface area contributed by atoms with Gasteiger partial charge in [0.05, 0.1) is 24.2 Å². The first-order valence-corrected chi connectivity index (χ1v) is 17.5. The zero-order valence-electron chi connectivity index (χ0n) is 23.2. The SMILES string of the molecule is CC(C)CN(C[C@@H](O[PH](=O)O)[C@H](Cc1ccccc1)NC(=O)O[C@H]1CCOC1)S(=O)(=O)c1ccc(NP(=O)(O)O)cc1. The largest absolute Gasteiger partial charge is 0.444 e. The van der Waals surface area contributed by atoms with E-state index < -0.39 is 56.9 Å². The second-order valence-corrected chi connectivity index (χ2v) is 14.2. The van der Waals surface area contributed by atoms with Crippen LogP contribution in [0.15, 0.2) is 59.5 Å². The van der Waals surface area contributed by atoms with E-state index in [1.807, 2.05) is 5.09 Å². The maximum atomic E-state index is 13.8. The van der Waals surface area contributed by atoms with Crippen LogP contribution in [0, 0.1) is 5.92 Å². The lowest BCUT2D eigenvalue weighted by Gasteiger charge is -2.32. The van der Waals surface area contributed by atoms with Crippen molar-refractivity contribution in [3.63, 3.8) is 0 Å². The number of carbonyl (C=O) groups excluding carboxylic acids is 1. The predicted molar refractivity (Wildman–Crippen MR) is 155 cm³/mol. The standard InChI is InChI=1S/C25H37N3O11P2S/c1-18(2)15-28(42(35,36)22-10-8-20(9-11-22)27-41(32,33)34)16-24(39-40(30)31)23(14-19-6-4-3-5-7-19)26-25(29)38-21-12-13-37-17-21/h3-11,18,21,23-24,40H,12-17H2,1-2H3,(H,26,29)(H,30,31)(H3,27,32,33,34)/t21-,23-,24+/m0/s1. The van der Waals surface area contributed by atoms with Crippen LogP contribution in [0.25, 0.3) is 0 Å². The van der Waals surface area contributed by atoms with Crippen LogP contribution >= 0.6 is 16.0 Å². The number of hydrogen-bond acceptors (Lipinski definition) is 8. The van der Waals surface area contributed by atoms with E-state index >= 15 is 0 Å². The van der Waals surface area contributed by atoms with Gasteiger partial charge in [-0.05, 0) is 42.2 Å². The molecule has 1 fully saturated rings. The zero-order valence-corrected chi connectivity index (χ0v) is 25.9. The molecule has 2 aromatic rings. The van der Waals surface area contributed by atoms with Crippen molar-refractivity contribution in [3.05, 3.63) is 60.2 Å². The monoisotopic (exact) mass is 649 g/mol. The molecular formula is C25H37N3O11P2S. The third-order valence-corrected chi connectivity index (χ3v) is 9.08. The van der Waals surface area contributed by atoms with Gasteiger partial charge in [0.1, 0.15) is 12.2 Å². The van der Waals surface area contributed by atoms with Gasteiger partial charge in [0.2, 0.25) is 10.0 Å². The van der Waals surface area contributed by atoms with E-state index in [1.54, 1.807) is 44.2 Å². The normalized spacial score (nSPS) is 18.0. The Morgan fingerprint density at radius 1 is 1.14 bits per heavy atom. The number of amides is 1. The van der Waals surface area contributed by atoms with Crippen molar-refractivity contribution in [1.82, 2.24) is 9.62 Å². The van der Waals surface area contributed by atoms with Crippen LogP contribution in [0.1, 0.15) is 25.8 Å². The summed E-state index contributed by atoms with van der Waals surface area (Å²) in [5, 5.41) is 4.67. The van der Waals surface area contributed by atoms with Gasteiger partial charge in [0.25, 0.3) is 0 Å². The summed E-state index contributed by atoms with van der Waals surface area (Å²) >= 11 is 0. The van der Waals surface area contributed by atoms with Gasteiger partial charge in [0, 0.05) is 25.2 Å². The highest BCUT2D eigenvalue weighted by Crippen LogP contribution is 2.35. The highest BCUT2D eigenvalue weighted by Gasteiger charge is 2.34. The minimum atomic E-state index is -4.60. The minimum absolute atomic E-state index is 0.00104. The molecule has 0 saturated carbocycles. The summed E-state index contributed by atoms with van der Waals surface area (Å²) in [5.41, 5.74) is 0.765. The van der Waals surface area contributed by atoms with Gasteiger partial charge in [-0.25, -0.2) is 17.8 Å². The van der Waals surface area contributed by atoms with E-state index in [9.17, 15) is 27.2 Å². The number of anilines is 1. The minimum Gasteiger partial charge on any atom is -0.444 e. The number of nitrogens with one attached hydrogen (secondary N) is 2. The first kappa shape index (κ1) is 34.2. The van der Waals surface area contributed by atoms with Gasteiger partial charge < -0.3 is 34.0 Å². The first-order valence-electron chi connectivity index (χ1n) is 13.2. The fourth-order valence-corrected chi connectivity index (χ4v) is 6.96. The Balaban J connectivity index is 1.92. The summed E-state index contributed by atoms with van der Waals surface area (Å²) in [7, 11) is -12.4. The van der Waals surface area contributed by atoms with Gasteiger partial charge in [-0.2, -0.15) is 4.31 Å². The van der Waals surface area contributed by atoms with Crippen molar-refractivity contribution in [2.45, 2.75) is 49.8 Å². The number of carbonyl (C=O) groups is 1. The lowest BCUT2D eigenvalue weighted by atomic mass is 10.0. The molecule has 0 aromatic heterocycles. The number of rotatable bonds is 15. The molecule has 0 spiro atoms. The maximum Gasteiger partial charge on any atom is 0.427 e. The van der Waals surface area contributed by atoms with E-state index in [1.165, 1.54) is 24.3 Å². The zero-order chi connectivity index (χ0) is 30.9. The number of alkyl carbamates (subject to hydrolysis) is 1. The maximum absolute atomic E-state index is 13.8. The molecule has 1 amide bonds. The molecule has 0 radical (unpaired) electrons. The second kappa shape index (κ2) is 15.4. The number of ether oxygens (including phenoxy) is 2. The molecule has 234 valence electrons. The van der Waals surface area contributed by atoms with Crippen molar-refractivity contribution >= 4 is 37.8 Å². The lowest BCUT2D eigenvalue weighted by molar-refractivity contribution is 0.0689. The Morgan fingerprint density at radius 2 is 1.81 bits per heavy atom. The van der Waals surface area contributed by atoms with Crippen LogP contribution in [0.5, 0.6) is 0 Å². The molecule has 17 heteroatoms. The van der Waals surface area contributed by atoms with Crippen molar-refractivity contribution in [2.24, 2.45) is 5.92 Å². The summed E-state index contributed by atoms with van der Waals surface area (Å²) in [6.07, 6.45) is -1.87. The molecule has 5 N–H and O–H groups in total. The Labute approximate surface area is 245 Å². The summed E-state index contributed by atoms with van der Waals surface area (Å²) in [6, 6.07) is 12.8. The molecule has 14 nitrogen and oxygen atoms in total. The van der Waals surface area contributed by atoms with Crippen LogP contribution in [0.2, 0.25) is 0 Å². The van der Waals surface area contributed by atoms with Crippen molar-refractivity contribution < 1.29 is 51.0 Å². The molecule has 1 aliphatic heterocycles. The molecule has 1 saturated heterocycles. The molecule has 42 heavy (non-hydrogen) atoms. The van der Waals surface area contributed by atoms with Crippen molar-refractivity contribution in [2.75, 3.05) is 31.4 Å². The molecule has 1 unspecified atom stereocenters. The van der Waals surface area contributed by atoms with Crippen LogP contribution in [-0.4, -0.2) is 78.0 Å². The highest BCUT2D eigenvalue weighted by atomic mass is 32.2. The first-order chi connectivity index (χ1) is 19.7. The third kappa shape index (κ3) is 11.1.